The summed E-state index contributed by atoms with van der Waals surface area (Å²) < 4.78 is 0. The first kappa shape index (κ1) is 22.0. The van der Waals surface area contributed by atoms with E-state index >= 15 is 0 Å². The number of benzene rings is 2. The third-order valence-electron chi connectivity index (χ3n) is 5.74. The Morgan fingerprint density at radius 1 is 0.967 bits per heavy atom. The van der Waals surface area contributed by atoms with Gasteiger partial charge in [-0.1, -0.05) is 61.0 Å². The third-order valence-corrected chi connectivity index (χ3v) is 5.74. The number of nitrogens with zero attached hydrogens (tertiary/aromatic N) is 1. The van der Waals surface area contributed by atoms with Gasteiger partial charge in [0.15, 0.2) is 0 Å². The minimum absolute atomic E-state index is 0.0186. The zero-order chi connectivity index (χ0) is 21.2. The van der Waals surface area contributed by atoms with E-state index in [2.05, 4.69) is 29.6 Å². The molecule has 1 aliphatic rings. The van der Waals surface area contributed by atoms with Crippen LogP contribution >= 0.6 is 0 Å². The Hall–Kier alpha value is -2.66. The second-order valence-corrected chi connectivity index (χ2v) is 8.03. The molecular formula is C25H33N3O2. The Morgan fingerprint density at radius 2 is 1.70 bits per heavy atom. The summed E-state index contributed by atoms with van der Waals surface area (Å²) in [6, 6.07) is 18.4. The van der Waals surface area contributed by atoms with Gasteiger partial charge >= 0.3 is 0 Å². The molecule has 5 heteroatoms. The van der Waals surface area contributed by atoms with E-state index in [-0.39, 0.29) is 17.9 Å². The van der Waals surface area contributed by atoms with Gasteiger partial charge in [0.05, 0.1) is 6.42 Å². The van der Waals surface area contributed by atoms with Gasteiger partial charge in [0.2, 0.25) is 11.8 Å². The largest absolute Gasteiger partial charge is 0.356 e. The van der Waals surface area contributed by atoms with Gasteiger partial charge in [0.1, 0.15) is 0 Å². The van der Waals surface area contributed by atoms with Gasteiger partial charge in [0.25, 0.3) is 0 Å². The number of carbonyl (C=O) groups is 2. The molecule has 1 aliphatic heterocycles. The van der Waals surface area contributed by atoms with Gasteiger partial charge < -0.3 is 16.0 Å². The molecule has 160 valence electrons. The van der Waals surface area contributed by atoms with E-state index in [1.807, 2.05) is 35.2 Å². The number of rotatable bonds is 10. The van der Waals surface area contributed by atoms with Crippen LogP contribution in [0.2, 0.25) is 0 Å². The molecule has 0 aromatic heterocycles. The molecule has 0 radical (unpaired) electrons. The SMILES string of the molecule is NCCCCCNC(=O)CC1CCCN1C(=O)Cc1ccc(-c2ccccc2)cc1. The van der Waals surface area contributed by atoms with E-state index in [1.54, 1.807) is 0 Å². The van der Waals surface area contributed by atoms with Crippen molar-refractivity contribution in [3.63, 3.8) is 0 Å². The number of carbonyl (C=O) groups excluding carboxylic acids is 2. The van der Waals surface area contributed by atoms with Crippen LogP contribution in [0.15, 0.2) is 54.6 Å². The molecule has 0 aliphatic carbocycles. The van der Waals surface area contributed by atoms with Gasteiger partial charge in [-0.15, -0.1) is 0 Å². The minimum atomic E-state index is 0.0186. The normalized spacial score (nSPS) is 15.9. The molecule has 2 aromatic carbocycles. The molecule has 1 unspecified atom stereocenters. The Kier molecular flexibility index (Phi) is 8.45. The van der Waals surface area contributed by atoms with E-state index in [9.17, 15) is 9.59 Å². The van der Waals surface area contributed by atoms with Crippen molar-refractivity contribution in [2.24, 2.45) is 5.73 Å². The fraction of sp³-hybridized carbons (Fsp3) is 0.440. The number of hydrogen-bond acceptors (Lipinski definition) is 3. The highest BCUT2D eigenvalue weighted by molar-refractivity contribution is 5.81. The standard InChI is InChI=1S/C25H33N3O2/c26-15-5-2-6-16-27-24(29)19-23-10-7-17-28(23)25(30)18-20-11-13-22(14-12-20)21-8-3-1-4-9-21/h1,3-4,8-9,11-14,23H,2,5-7,10,15-19,26H2,(H,27,29). The van der Waals surface area contributed by atoms with Crippen molar-refractivity contribution in [2.45, 2.75) is 51.0 Å². The summed E-state index contributed by atoms with van der Waals surface area (Å²) in [5.41, 5.74) is 8.81. The second-order valence-electron chi connectivity index (χ2n) is 8.03. The zero-order valence-corrected chi connectivity index (χ0v) is 17.7. The monoisotopic (exact) mass is 407 g/mol. The number of hydrogen-bond donors (Lipinski definition) is 2. The Labute approximate surface area is 179 Å². The van der Waals surface area contributed by atoms with Gasteiger partial charge in [-0.05, 0) is 48.9 Å². The summed E-state index contributed by atoms with van der Waals surface area (Å²) in [6.07, 6.45) is 5.63. The summed E-state index contributed by atoms with van der Waals surface area (Å²) in [5, 5.41) is 2.98. The number of nitrogens with two attached hydrogens (primary N) is 1. The van der Waals surface area contributed by atoms with Crippen molar-refractivity contribution < 1.29 is 9.59 Å². The lowest BCUT2D eigenvalue weighted by Crippen LogP contribution is -2.40. The summed E-state index contributed by atoms with van der Waals surface area (Å²) in [4.78, 5) is 27.0. The molecule has 1 atom stereocenters. The van der Waals surface area contributed by atoms with E-state index < -0.39 is 0 Å². The zero-order valence-electron chi connectivity index (χ0n) is 17.7. The maximum absolute atomic E-state index is 12.9. The van der Waals surface area contributed by atoms with Crippen LogP contribution in [0.5, 0.6) is 0 Å². The number of nitrogens with one attached hydrogen (secondary N) is 1. The molecule has 0 spiro atoms. The molecule has 3 rings (SSSR count). The molecule has 2 aromatic rings. The van der Waals surface area contributed by atoms with Crippen LogP contribution in [-0.2, 0) is 16.0 Å². The van der Waals surface area contributed by atoms with Gasteiger partial charge in [0, 0.05) is 25.6 Å². The lowest BCUT2D eigenvalue weighted by Gasteiger charge is -2.24. The Bertz CT molecular complexity index is 805. The predicted octanol–water partition coefficient (Wildman–Crippen LogP) is 3.52. The van der Waals surface area contributed by atoms with Gasteiger partial charge in [-0.2, -0.15) is 0 Å². The molecule has 30 heavy (non-hydrogen) atoms. The first-order chi connectivity index (χ1) is 14.7. The highest BCUT2D eigenvalue weighted by atomic mass is 16.2. The third kappa shape index (κ3) is 6.42. The van der Waals surface area contributed by atoms with E-state index in [0.29, 0.717) is 25.9 Å². The molecule has 2 amide bonds. The molecular weight excluding hydrogens is 374 g/mol. The molecule has 1 heterocycles. The first-order valence-electron chi connectivity index (χ1n) is 11.1. The summed E-state index contributed by atoms with van der Waals surface area (Å²) in [6.45, 7) is 2.13. The Balaban J connectivity index is 1.49. The van der Waals surface area contributed by atoms with Crippen LogP contribution < -0.4 is 11.1 Å². The number of unbranched alkanes of at least 4 members (excludes halogenated alkanes) is 2. The van der Waals surface area contributed by atoms with Crippen LogP contribution in [0.4, 0.5) is 0 Å². The maximum atomic E-state index is 12.9. The maximum Gasteiger partial charge on any atom is 0.227 e. The van der Waals surface area contributed by atoms with Crippen LogP contribution in [0.3, 0.4) is 0 Å². The summed E-state index contributed by atoms with van der Waals surface area (Å²) >= 11 is 0. The minimum Gasteiger partial charge on any atom is -0.356 e. The predicted molar refractivity (Wildman–Crippen MR) is 121 cm³/mol. The van der Waals surface area contributed by atoms with Gasteiger partial charge in [-0.3, -0.25) is 9.59 Å². The topological polar surface area (TPSA) is 75.4 Å². The van der Waals surface area contributed by atoms with Crippen molar-refractivity contribution in [2.75, 3.05) is 19.6 Å². The van der Waals surface area contributed by atoms with E-state index in [0.717, 1.165) is 49.8 Å². The highest BCUT2D eigenvalue weighted by Crippen LogP contribution is 2.23. The average Bonchev–Trinajstić information content (AvgIpc) is 3.23. The smallest absolute Gasteiger partial charge is 0.227 e. The van der Waals surface area contributed by atoms with Crippen LogP contribution in [0.1, 0.15) is 44.1 Å². The summed E-state index contributed by atoms with van der Waals surface area (Å²) in [7, 11) is 0. The number of likely N-dealkylation sites (tertiary alicyclic amines) is 1. The number of amides is 2. The lowest BCUT2D eigenvalue weighted by atomic mass is 10.0. The van der Waals surface area contributed by atoms with Crippen LogP contribution in [-0.4, -0.2) is 42.4 Å². The van der Waals surface area contributed by atoms with Crippen molar-refractivity contribution in [1.29, 1.82) is 0 Å². The molecule has 5 nitrogen and oxygen atoms in total. The molecule has 1 saturated heterocycles. The van der Waals surface area contributed by atoms with Crippen molar-refractivity contribution in [3.8, 4) is 11.1 Å². The van der Waals surface area contributed by atoms with Crippen molar-refractivity contribution in [1.82, 2.24) is 10.2 Å². The molecule has 0 saturated carbocycles. The molecule has 3 N–H and O–H groups in total. The van der Waals surface area contributed by atoms with E-state index in [4.69, 9.17) is 5.73 Å². The lowest BCUT2D eigenvalue weighted by molar-refractivity contribution is -0.132. The van der Waals surface area contributed by atoms with E-state index in [1.165, 1.54) is 5.56 Å². The van der Waals surface area contributed by atoms with Crippen LogP contribution in [0, 0.1) is 0 Å². The second kappa shape index (κ2) is 11.5. The van der Waals surface area contributed by atoms with Crippen molar-refractivity contribution >= 4 is 11.8 Å². The molecule has 1 fully saturated rings. The highest BCUT2D eigenvalue weighted by Gasteiger charge is 2.30. The quantitative estimate of drug-likeness (QED) is 0.592. The van der Waals surface area contributed by atoms with Crippen molar-refractivity contribution in [3.05, 3.63) is 60.2 Å². The first-order valence-corrected chi connectivity index (χ1v) is 11.1. The Morgan fingerprint density at radius 3 is 2.43 bits per heavy atom. The van der Waals surface area contributed by atoms with Gasteiger partial charge in [-0.25, -0.2) is 0 Å². The summed E-state index contributed by atoms with van der Waals surface area (Å²) in [5.74, 6) is 0.153. The average molecular weight is 408 g/mol. The van der Waals surface area contributed by atoms with Crippen LogP contribution in [0.25, 0.3) is 11.1 Å². The fourth-order valence-corrected chi connectivity index (χ4v) is 4.06. The molecule has 0 bridgehead atoms. The fourth-order valence-electron chi connectivity index (χ4n) is 4.06.